The summed E-state index contributed by atoms with van der Waals surface area (Å²) in [4.78, 5) is 12.5. The summed E-state index contributed by atoms with van der Waals surface area (Å²) in [7, 11) is 0. The highest BCUT2D eigenvalue weighted by Gasteiger charge is 2.35. The Kier molecular flexibility index (Phi) is 5.37. The van der Waals surface area contributed by atoms with E-state index in [4.69, 9.17) is 5.73 Å². The zero-order chi connectivity index (χ0) is 15.3. The summed E-state index contributed by atoms with van der Waals surface area (Å²) < 4.78 is 0. The molecule has 2 unspecified atom stereocenters. The van der Waals surface area contributed by atoms with E-state index in [2.05, 4.69) is 5.32 Å². The third-order valence-corrected chi connectivity index (χ3v) is 4.64. The minimum atomic E-state index is -0.444. The Bertz CT molecular complexity index is 455. The number of nitrogens with one attached hydrogen (secondary N) is 1. The number of amides is 1. The maximum Gasteiger partial charge on any atom is 0.225 e. The molecule has 1 aliphatic rings. The summed E-state index contributed by atoms with van der Waals surface area (Å²) in [5, 5.41) is 12.7. The van der Waals surface area contributed by atoms with Crippen molar-refractivity contribution in [1.82, 2.24) is 5.32 Å². The van der Waals surface area contributed by atoms with Gasteiger partial charge in [0.05, 0.1) is 18.1 Å². The minimum Gasteiger partial charge on any atom is -0.394 e. The van der Waals surface area contributed by atoms with Gasteiger partial charge in [-0.15, -0.1) is 0 Å². The molecule has 0 radical (unpaired) electrons. The Morgan fingerprint density at radius 3 is 2.48 bits per heavy atom. The van der Waals surface area contributed by atoms with Crippen LogP contribution in [0.25, 0.3) is 0 Å². The molecule has 21 heavy (non-hydrogen) atoms. The van der Waals surface area contributed by atoms with Gasteiger partial charge in [-0.05, 0) is 18.4 Å². The molecule has 4 nitrogen and oxygen atoms in total. The number of benzene rings is 1. The number of nitrogens with two attached hydrogens (primary N) is 1. The van der Waals surface area contributed by atoms with Gasteiger partial charge < -0.3 is 16.2 Å². The predicted octanol–water partition coefficient (Wildman–Crippen LogP) is 2.13. The third-order valence-electron chi connectivity index (χ3n) is 4.64. The summed E-state index contributed by atoms with van der Waals surface area (Å²) in [5.41, 5.74) is 6.72. The van der Waals surface area contributed by atoms with Gasteiger partial charge >= 0.3 is 0 Å². The van der Waals surface area contributed by atoms with Crippen molar-refractivity contribution in [1.29, 1.82) is 0 Å². The van der Waals surface area contributed by atoms with Crippen LogP contribution >= 0.6 is 0 Å². The van der Waals surface area contributed by atoms with E-state index < -0.39 is 5.54 Å². The standard InChI is InChI=1S/C17H26N2O2/c1-13(15(18)14-8-4-2-5-9-14)16(21)19-17(12-20)10-6-3-7-11-17/h2,4-5,8-9,13,15,20H,3,6-7,10-12,18H2,1H3,(H,19,21). The van der Waals surface area contributed by atoms with E-state index >= 15 is 0 Å². The molecule has 0 aliphatic heterocycles. The van der Waals surface area contributed by atoms with Crippen LogP contribution in [0.1, 0.15) is 50.6 Å². The highest BCUT2D eigenvalue weighted by Crippen LogP contribution is 2.29. The van der Waals surface area contributed by atoms with Crippen molar-refractivity contribution in [2.75, 3.05) is 6.61 Å². The van der Waals surface area contributed by atoms with Crippen molar-refractivity contribution in [2.45, 2.75) is 50.6 Å². The van der Waals surface area contributed by atoms with Gasteiger partial charge in [0.25, 0.3) is 0 Å². The predicted molar refractivity (Wildman–Crippen MR) is 83.6 cm³/mol. The molecule has 4 N–H and O–H groups in total. The molecule has 0 bridgehead atoms. The van der Waals surface area contributed by atoms with Crippen LogP contribution in [0.15, 0.2) is 30.3 Å². The fourth-order valence-corrected chi connectivity index (χ4v) is 3.05. The van der Waals surface area contributed by atoms with Crippen LogP contribution in [-0.4, -0.2) is 23.2 Å². The number of rotatable bonds is 5. The van der Waals surface area contributed by atoms with Gasteiger partial charge in [-0.1, -0.05) is 56.5 Å². The molecule has 2 rings (SSSR count). The zero-order valence-corrected chi connectivity index (χ0v) is 12.7. The summed E-state index contributed by atoms with van der Waals surface area (Å²) in [6.07, 6.45) is 4.99. The van der Waals surface area contributed by atoms with Crippen molar-refractivity contribution >= 4 is 5.91 Å². The first-order valence-corrected chi connectivity index (χ1v) is 7.81. The monoisotopic (exact) mass is 290 g/mol. The molecule has 1 aliphatic carbocycles. The van der Waals surface area contributed by atoms with Crippen LogP contribution in [0.3, 0.4) is 0 Å². The lowest BCUT2D eigenvalue weighted by atomic mass is 9.81. The number of aliphatic hydroxyl groups excluding tert-OH is 1. The van der Waals surface area contributed by atoms with Gasteiger partial charge in [-0.2, -0.15) is 0 Å². The Hall–Kier alpha value is -1.39. The summed E-state index contributed by atoms with van der Waals surface area (Å²) in [5.74, 6) is -0.389. The summed E-state index contributed by atoms with van der Waals surface area (Å²) in [6.45, 7) is 1.85. The molecule has 0 spiro atoms. The van der Waals surface area contributed by atoms with Crippen molar-refractivity contribution < 1.29 is 9.90 Å². The van der Waals surface area contributed by atoms with E-state index in [1.54, 1.807) is 0 Å². The zero-order valence-electron chi connectivity index (χ0n) is 12.7. The molecule has 116 valence electrons. The van der Waals surface area contributed by atoms with Crippen LogP contribution in [0.4, 0.5) is 0 Å². The number of carbonyl (C=O) groups excluding carboxylic acids is 1. The Morgan fingerprint density at radius 2 is 1.90 bits per heavy atom. The number of carbonyl (C=O) groups is 1. The topological polar surface area (TPSA) is 75.3 Å². The maximum absolute atomic E-state index is 12.5. The second kappa shape index (κ2) is 7.05. The van der Waals surface area contributed by atoms with E-state index in [9.17, 15) is 9.90 Å². The first-order chi connectivity index (χ1) is 10.1. The second-order valence-corrected chi connectivity index (χ2v) is 6.21. The van der Waals surface area contributed by atoms with Crippen LogP contribution in [-0.2, 0) is 4.79 Å². The molecule has 1 amide bonds. The quantitative estimate of drug-likeness (QED) is 0.777. The molecule has 0 saturated heterocycles. The lowest BCUT2D eigenvalue weighted by Crippen LogP contribution is -2.54. The fraction of sp³-hybridized carbons (Fsp3) is 0.588. The van der Waals surface area contributed by atoms with Gasteiger partial charge in [0, 0.05) is 6.04 Å². The summed E-state index contributed by atoms with van der Waals surface area (Å²) in [6, 6.07) is 9.34. The molecule has 4 heteroatoms. The highest BCUT2D eigenvalue weighted by molar-refractivity contribution is 5.80. The third kappa shape index (κ3) is 3.83. The molecule has 1 fully saturated rings. The first-order valence-electron chi connectivity index (χ1n) is 7.81. The van der Waals surface area contributed by atoms with Gasteiger partial charge in [0.15, 0.2) is 0 Å². The molecule has 1 aromatic carbocycles. The number of hydrogen-bond donors (Lipinski definition) is 3. The van der Waals surface area contributed by atoms with Crippen LogP contribution in [0, 0.1) is 5.92 Å². The normalized spacial score (nSPS) is 20.5. The lowest BCUT2D eigenvalue weighted by molar-refractivity contribution is -0.128. The summed E-state index contributed by atoms with van der Waals surface area (Å²) >= 11 is 0. The van der Waals surface area contributed by atoms with E-state index in [0.29, 0.717) is 0 Å². The Balaban J connectivity index is 2.01. The Morgan fingerprint density at radius 1 is 1.29 bits per heavy atom. The lowest BCUT2D eigenvalue weighted by Gasteiger charge is -2.37. The molecule has 0 heterocycles. The van der Waals surface area contributed by atoms with Crippen LogP contribution in [0.2, 0.25) is 0 Å². The van der Waals surface area contributed by atoms with Crippen LogP contribution in [0.5, 0.6) is 0 Å². The van der Waals surface area contributed by atoms with Gasteiger partial charge in [-0.25, -0.2) is 0 Å². The molecular formula is C17H26N2O2. The van der Waals surface area contributed by atoms with E-state index in [-0.39, 0.29) is 24.5 Å². The minimum absolute atomic E-state index is 0.00599. The SMILES string of the molecule is CC(C(=O)NC1(CO)CCCCC1)C(N)c1ccccc1. The highest BCUT2D eigenvalue weighted by atomic mass is 16.3. The van der Waals surface area contributed by atoms with E-state index in [1.165, 1.54) is 6.42 Å². The molecular weight excluding hydrogens is 264 g/mol. The van der Waals surface area contributed by atoms with Gasteiger partial charge in [0.1, 0.15) is 0 Å². The van der Waals surface area contributed by atoms with Crippen molar-refractivity contribution in [3.05, 3.63) is 35.9 Å². The molecule has 1 saturated carbocycles. The Labute approximate surface area is 126 Å². The first kappa shape index (κ1) is 16.0. The number of hydrogen-bond acceptors (Lipinski definition) is 3. The average Bonchev–Trinajstić information content (AvgIpc) is 2.55. The fourth-order valence-electron chi connectivity index (χ4n) is 3.05. The average molecular weight is 290 g/mol. The van der Waals surface area contributed by atoms with Crippen molar-refractivity contribution in [3.8, 4) is 0 Å². The van der Waals surface area contributed by atoms with Crippen LogP contribution < -0.4 is 11.1 Å². The van der Waals surface area contributed by atoms with Crippen molar-refractivity contribution in [3.63, 3.8) is 0 Å². The largest absolute Gasteiger partial charge is 0.394 e. The van der Waals surface area contributed by atoms with Crippen molar-refractivity contribution in [2.24, 2.45) is 11.7 Å². The number of aliphatic hydroxyl groups is 1. The van der Waals surface area contributed by atoms with E-state index in [0.717, 1.165) is 31.2 Å². The van der Waals surface area contributed by atoms with E-state index in [1.807, 2.05) is 37.3 Å². The smallest absolute Gasteiger partial charge is 0.225 e. The molecule has 2 atom stereocenters. The van der Waals surface area contributed by atoms with Gasteiger partial charge in [-0.3, -0.25) is 4.79 Å². The second-order valence-electron chi connectivity index (χ2n) is 6.21. The maximum atomic E-state index is 12.5. The molecule has 1 aromatic rings. The molecule has 0 aromatic heterocycles. The van der Waals surface area contributed by atoms with Gasteiger partial charge in [0.2, 0.25) is 5.91 Å².